The van der Waals surface area contributed by atoms with Gasteiger partial charge in [-0.25, -0.2) is 9.78 Å². The van der Waals surface area contributed by atoms with Gasteiger partial charge in [-0.15, -0.1) is 0 Å². The molecule has 0 amide bonds. The topological polar surface area (TPSA) is 44.1 Å². The van der Waals surface area contributed by atoms with Crippen molar-refractivity contribution in [2.24, 2.45) is 0 Å². The molecule has 106 valence electrons. The van der Waals surface area contributed by atoms with Crippen LogP contribution in [0.5, 0.6) is 0 Å². The molecule has 21 heavy (non-hydrogen) atoms. The molecule has 0 aliphatic heterocycles. The van der Waals surface area contributed by atoms with Gasteiger partial charge in [-0.05, 0) is 17.7 Å². The van der Waals surface area contributed by atoms with Crippen LogP contribution in [0.4, 0.5) is 0 Å². The lowest BCUT2D eigenvalue weighted by atomic mass is 10.2. The van der Waals surface area contributed by atoms with Crippen LogP contribution in [0.3, 0.4) is 0 Å². The standard InChI is InChI=1S/C16H13ClN2O2/c1-21-16(20)13-9-14(17)18-15-12(13)7-8-19(15)10-11-5-3-2-4-6-11/h2-9H,10H2,1H3. The number of hydrogen-bond acceptors (Lipinski definition) is 3. The van der Waals surface area contributed by atoms with Gasteiger partial charge in [0.1, 0.15) is 10.8 Å². The third-order valence-corrected chi connectivity index (χ3v) is 3.50. The first kappa shape index (κ1) is 13.6. The number of carbonyl (C=O) groups is 1. The largest absolute Gasteiger partial charge is 0.465 e. The van der Waals surface area contributed by atoms with Gasteiger partial charge in [-0.2, -0.15) is 0 Å². The van der Waals surface area contributed by atoms with E-state index in [0.29, 0.717) is 17.8 Å². The molecule has 3 rings (SSSR count). The normalized spacial score (nSPS) is 10.8. The van der Waals surface area contributed by atoms with Crippen molar-refractivity contribution < 1.29 is 9.53 Å². The zero-order valence-electron chi connectivity index (χ0n) is 11.4. The minimum Gasteiger partial charge on any atom is -0.465 e. The molecule has 0 saturated heterocycles. The van der Waals surface area contributed by atoms with Crippen molar-refractivity contribution >= 4 is 28.6 Å². The number of halogens is 1. The maximum Gasteiger partial charge on any atom is 0.338 e. The number of carbonyl (C=O) groups excluding carboxylic acids is 1. The summed E-state index contributed by atoms with van der Waals surface area (Å²) in [6.45, 7) is 0.665. The summed E-state index contributed by atoms with van der Waals surface area (Å²) in [6.07, 6.45) is 1.90. The van der Waals surface area contributed by atoms with Crippen LogP contribution < -0.4 is 0 Å². The first-order valence-corrected chi connectivity index (χ1v) is 6.84. The fourth-order valence-corrected chi connectivity index (χ4v) is 2.51. The smallest absolute Gasteiger partial charge is 0.338 e. The predicted molar refractivity (Wildman–Crippen MR) is 81.6 cm³/mol. The van der Waals surface area contributed by atoms with Crippen molar-refractivity contribution in [1.29, 1.82) is 0 Å². The molecule has 3 aromatic rings. The van der Waals surface area contributed by atoms with Crippen molar-refractivity contribution in [3.63, 3.8) is 0 Å². The highest BCUT2D eigenvalue weighted by Crippen LogP contribution is 2.23. The van der Waals surface area contributed by atoms with E-state index >= 15 is 0 Å². The molecule has 0 aliphatic rings. The van der Waals surface area contributed by atoms with Crippen molar-refractivity contribution in [3.05, 3.63) is 64.9 Å². The Morgan fingerprint density at radius 2 is 2.05 bits per heavy atom. The number of pyridine rings is 1. The minimum absolute atomic E-state index is 0.274. The molecule has 0 spiro atoms. The molecule has 0 aliphatic carbocycles. The maximum atomic E-state index is 11.8. The highest BCUT2D eigenvalue weighted by Gasteiger charge is 2.15. The van der Waals surface area contributed by atoms with E-state index in [1.807, 2.05) is 47.2 Å². The summed E-state index contributed by atoms with van der Waals surface area (Å²) in [6, 6.07) is 13.4. The predicted octanol–water partition coefficient (Wildman–Crippen LogP) is 3.52. The second-order valence-electron chi connectivity index (χ2n) is 4.65. The average molecular weight is 301 g/mol. The van der Waals surface area contributed by atoms with E-state index in [4.69, 9.17) is 16.3 Å². The Balaban J connectivity index is 2.10. The average Bonchev–Trinajstić information content (AvgIpc) is 2.89. The molecule has 4 nitrogen and oxygen atoms in total. The van der Waals surface area contributed by atoms with Gasteiger partial charge in [-0.1, -0.05) is 41.9 Å². The van der Waals surface area contributed by atoms with E-state index in [2.05, 4.69) is 4.98 Å². The monoisotopic (exact) mass is 300 g/mol. The molecular formula is C16H13ClN2O2. The molecule has 0 saturated carbocycles. The quantitative estimate of drug-likeness (QED) is 0.549. The van der Waals surface area contributed by atoms with E-state index in [0.717, 1.165) is 10.9 Å². The Morgan fingerprint density at radius 3 is 2.76 bits per heavy atom. The molecule has 0 bridgehead atoms. The first-order chi connectivity index (χ1) is 10.2. The lowest BCUT2D eigenvalue weighted by Crippen LogP contribution is -2.04. The second kappa shape index (κ2) is 5.58. The zero-order chi connectivity index (χ0) is 14.8. The third kappa shape index (κ3) is 2.62. The number of methoxy groups -OCH3 is 1. The molecule has 1 aromatic carbocycles. The van der Waals surface area contributed by atoms with Crippen molar-refractivity contribution in [2.75, 3.05) is 7.11 Å². The van der Waals surface area contributed by atoms with Crippen LogP contribution >= 0.6 is 11.6 Å². The van der Waals surface area contributed by atoms with E-state index < -0.39 is 5.97 Å². The molecule has 2 aromatic heterocycles. The summed E-state index contributed by atoms with van der Waals surface area (Å²) >= 11 is 6.02. The van der Waals surface area contributed by atoms with Crippen LogP contribution in [0.25, 0.3) is 11.0 Å². The van der Waals surface area contributed by atoms with Gasteiger partial charge in [0.15, 0.2) is 0 Å². The summed E-state index contributed by atoms with van der Waals surface area (Å²) in [5.41, 5.74) is 2.25. The fourth-order valence-electron chi connectivity index (χ4n) is 2.32. The van der Waals surface area contributed by atoms with Gasteiger partial charge in [0, 0.05) is 18.1 Å². The maximum absolute atomic E-state index is 11.8. The van der Waals surface area contributed by atoms with Crippen LogP contribution in [0.15, 0.2) is 48.7 Å². The third-order valence-electron chi connectivity index (χ3n) is 3.30. The molecular weight excluding hydrogens is 288 g/mol. The molecule has 5 heteroatoms. The highest BCUT2D eigenvalue weighted by molar-refractivity contribution is 6.30. The lowest BCUT2D eigenvalue weighted by molar-refractivity contribution is 0.0603. The molecule has 2 heterocycles. The zero-order valence-corrected chi connectivity index (χ0v) is 12.2. The van der Waals surface area contributed by atoms with Crippen LogP contribution in [-0.2, 0) is 11.3 Å². The molecule has 0 unspecified atom stereocenters. The highest BCUT2D eigenvalue weighted by atomic mass is 35.5. The first-order valence-electron chi connectivity index (χ1n) is 6.46. The van der Waals surface area contributed by atoms with Crippen LogP contribution in [0.2, 0.25) is 5.15 Å². The number of esters is 1. The number of nitrogens with zero attached hydrogens (tertiary/aromatic N) is 2. The fraction of sp³-hybridized carbons (Fsp3) is 0.125. The van der Waals surface area contributed by atoms with Crippen molar-refractivity contribution in [1.82, 2.24) is 9.55 Å². The van der Waals surface area contributed by atoms with Crippen LogP contribution in [0, 0.1) is 0 Å². The van der Waals surface area contributed by atoms with Crippen LogP contribution in [-0.4, -0.2) is 22.6 Å². The Morgan fingerprint density at radius 1 is 1.29 bits per heavy atom. The van der Waals surface area contributed by atoms with Gasteiger partial charge < -0.3 is 9.30 Å². The number of ether oxygens (including phenoxy) is 1. The summed E-state index contributed by atoms with van der Waals surface area (Å²) in [4.78, 5) is 16.2. The summed E-state index contributed by atoms with van der Waals surface area (Å²) in [5.74, 6) is -0.415. The number of benzene rings is 1. The number of aromatic nitrogens is 2. The second-order valence-corrected chi connectivity index (χ2v) is 5.04. The van der Waals surface area contributed by atoms with E-state index in [9.17, 15) is 4.79 Å². The van der Waals surface area contributed by atoms with Gasteiger partial charge in [-0.3, -0.25) is 0 Å². The SMILES string of the molecule is COC(=O)c1cc(Cl)nc2c1ccn2Cc1ccccc1. The van der Waals surface area contributed by atoms with E-state index in [-0.39, 0.29) is 5.15 Å². The van der Waals surface area contributed by atoms with Gasteiger partial charge in [0.05, 0.1) is 12.7 Å². The Bertz CT molecular complexity index is 797. The molecule has 0 N–H and O–H groups in total. The molecule has 0 radical (unpaired) electrons. The van der Waals surface area contributed by atoms with E-state index in [1.54, 1.807) is 0 Å². The molecule has 0 fully saturated rings. The van der Waals surface area contributed by atoms with Crippen molar-refractivity contribution in [3.8, 4) is 0 Å². The number of rotatable bonds is 3. The van der Waals surface area contributed by atoms with E-state index in [1.165, 1.54) is 13.2 Å². The van der Waals surface area contributed by atoms with Crippen LogP contribution in [0.1, 0.15) is 15.9 Å². The van der Waals surface area contributed by atoms with Gasteiger partial charge in [0.2, 0.25) is 0 Å². The number of hydrogen-bond donors (Lipinski definition) is 0. The van der Waals surface area contributed by atoms with Gasteiger partial charge >= 0.3 is 5.97 Å². The summed E-state index contributed by atoms with van der Waals surface area (Å²) < 4.78 is 6.75. The Kier molecular flexibility index (Phi) is 3.62. The summed E-state index contributed by atoms with van der Waals surface area (Å²) in [5, 5.41) is 1.01. The molecule has 0 atom stereocenters. The minimum atomic E-state index is -0.415. The lowest BCUT2D eigenvalue weighted by Gasteiger charge is -2.07. The Labute approximate surface area is 126 Å². The Hall–Kier alpha value is -2.33. The van der Waals surface area contributed by atoms with Gasteiger partial charge in [0.25, 0.3) is 0 Å². The van der Waals surface area contributed by atoms with Crippen molar-refractivity contribution in [2.45, 2.75) is 6.54 Å². The summed E-state index contributed by atoms with van der Waals surface area (Å²) in [7, 11) is 1.35. The number of fused-ring (bicyclic) bond motifs is 1.